The first-order valence-electron chi connectivity index (χ1n) is 8.83. The summed E-state index contributed by atoms with van der Waals surface area (Å²) in [6.45, 7) is 9.55. The molecule has 2 heterocycles. The second-order valence-corrected chi connectivity index (χ2v) is 7.33. The average Bonchev–Trinajstić information content (AvgIpc) is 3.12. The summed E-state index contributed by atoms with van der Waals surface area (Å²) in [5, 5.41) is 3.03. The lowest BCUT2D eigenvalue weighted by atomic mass is 9.98. The van der Waals surface area contributed by atoms with Crippen LogP contribution in [0.3, 0.4) is 0 Å². The molecule has 2 amide bonds. The number of carbonyl (C=O) groups is 1. The molecule has 134 valence electrons. The van der Waals surface area contributed by atoms with Gasteiger partial charge in [0.1, 0.15) is 5.76 Å². The molecular weight excluding hydrogens is 314 g/mol. The molecule has 0 radical (unpaired) electrons. The molecule has 3 rings (SSSR count). The Kier molecular flexibility index (Phi) is 5.13. The number of hydrogen-bond acceptors (Lipinski definition) is 3. The van der Waals surface area contributed by atoms with Crippen LogP contribution >= 0.6 is 0 Å². The Balaban J connectivity index is 1.58. The van der Waals surface area contributed by atoms with E-state index in [-0.39, 0.29) is 17.6 Å². The van der Waals surface area contributed by atoms with Gasteiger partial charge in [-0.25, -0.2) is 4.79 Å². The predicted molar refractivity (Wildman–Crippen MR) is 98.2 cm³/mol. The lowest BCUT2D eigenvalue weighted by molar-refractivity contribution is 0.0291. The summed E-state index contributed by atoms with van der Waals surface area (Å²) in [6.07, 6.45) is 1.63. The van der Waals surface area contributed by atoms with Crippen LogP contribution in [0.1, 0.15) is 38.1 Å². The van der Waals surface area contributed by atoms with Crippen molar-refractivity contribution in [3.63, 3.8) is 0 Å². The molecule has 0 aliphatic carbocycles. The quantitative estimate of drug-likeness (QED) is 0.923. The zero-order chi connectivity index (χ0) is 17.9. The molecule has 0 saturated carbocycles. The molecule has 1 aromatic carbocycles. The molecule has 5 heteroatoms. The Morgan fingerprint density at radius 3 is 2.60 bits per heavy atom. The van der Waals surface area contributed by atoms with Gasteiger partial charge in [-0.05, 0) is 38.5 Å². The van der Waals surface area contributed by atoms with Crippen molar-refractivity contribution in [1.29, 1.82) is 0 Å². The minimum Gasteiger partial charge on any atom is -0.467 e. The molecule has 1 aliphatic rings. The number of carbonyl (C=O) groups excluding carboxylic acids is 1. The number of amides is 2. The van der Waals surface area contributed by atoms with Crippen molar-refractivity contribution in [2.75, 3.05) is 19.6 Å². The van der Waals surface area contributed by atoms with E-state index < -0.39 is 0 Å². The lowest BCUT2D eigenvalue weighted by Crippen LogP contribution is -2.61. The summed E-state index contributed by atoms with van der Waals surface area (Å²) >= 11 is 0. The number of rotatable bonds is 4. The fraction of sp³-hybridized carbons (Fsp3) is 0.450. The number of urea groups is 1. The van der Waals surface area contributed by atoms with Crippen LogP contribution in [-0.2, 0) is 6.54 Å². The SMILES string of the molecule is CC(NC(=O)N1CCN(Cc2ccccc2)C(C)(C)C1)c1ccco1. The third kappa shape index (κ3) is 4.23. The molecule has 25 heavy (non-hydrogen) atoms. The van der Waals surface area contributed by atoms with Gasteiger partial charge in [0.15, 0.2) is 0 Å². The van der Waals surface area contributed by atoms with Crippen LogP contribution in [0.25, 0.3) is 0 Å². The van der Waals surface area contributed by atoms with Crippen LogP contribution in [0.5, 0.6) is 0 Å². The van der Waals surface area contributed by atoms with Crippen molar-refractivity contribution < 1.29 is 9.21 Å². The van der Waals surface area contributed by atoms with Gasteiger partial charge in [-0.15, -0.1) is 0 Å². The highest BCUT2D eigenvalue weighted by atomic mass is 16.3. The van der Waals surface area contributed by atoms with Gasteiger partial charge in [0, 0.05) is 31.7 Å². The third-order valence-corrected chi connectivity index (χ3v) is 4.89. The Labute approximate surface area is 149 Å². The summed E-state index contributed by atoms with van der Waals surface area (Å²) in [7, 11) is 0. The Hall–Kier alpha value is -2.27. The minimum atomic E-state index is -0.132. The van der Waals surface area contributed by atoms with E-state index in [1.54, 1.807) is 6.26 Å². The van der Waals surface area contributed by atoms with Crippen molar-refractivity contribution >= 4 is 6.03 Å². The van der Waals surface area contributed by atoms with Crippen LogP contribution in [0.4, 0.5) is 4.79 Å². The van der Waals surface area contributed by atoms with Gasteiger partial charge in [0.05, 0.1) is 12.3 Å². The van der Waals surface area contributed by atoms with Gasteiger partial charge < -0.3 is 14.6 Å². The number of nitrogens with zero attached hydrogens (tertiary/aromatic N) is 2. The first kappa shape index (κ1) is 17.5. The molecule has 5 nitrogen and oxygen atoms in total. The van der Waals surface area contributed by atoms with Gasteiger partial charge in [-0.2, -0.15) is 0 Å². The van der Waals surface area contributed by atoms with Gasteiger partial charge >= 0.3 is 6.03 Å². The zero-order valence-electron chi connectivity index (χ0n) is 15.2. The summed E-state index contributed by atoms with van der Waals surface area (Å²) in [4.78, 5) is 17.0. The summed E-state index contributed by atoms with van der Waals surface area (Å²) in [5.41, 5.74) is 1.24. The molecule has 1 aromatic heterocycles. The number of hydrogen-bond donors (Lipinski definition) is 1. The van der Waals surface area contributed by atoms with Crippen molar-refractivity contribution in [3.05, 3.63) is 60.1 Å². The van der Waals surface area contributed by atoms with Crippen molar-refractivity contribution in [2.24, 2.45) is 0 Å². The van der Waals surface area contributed by atoms with E-state index in [0.717, 1.165) is 25.4 Å². The Morgan fingerprint density at radius 1 is 1.20 bits per heavy atom. The molecular formula is C20H27N3O2. The molecule has 1 atom stereocenters. The predicted octanol–water partition coefficient (Wildman–Crippen LogP) is 3.65. The van der Waals surface area contributed by atoms with E-state index in [0.29, 0.717) is 6.54 Å². The van der Waals surface area contributed by atoms with E-state index in [2.05, 4.69) is 48.3 Å². The topological polar surface area (TPSA) is 48.7 Å². The number of furan rings is 1. The second-order valence-electron chi connectivity index (χ2n) is 7.33. The van der Waals surface area contributed by atoms with Gasteiger partial charge in [0.2, 0.25) is 0 Å². The molecule has 2 aromatic rings. The second kappa shape index (κ2) is 7.31. The molecule has 1 aliphatic heterocycles. The fourth-order valence-corrected chi connectivity index (χ4v) is 3.35. The van der Waals surface area contributed by atoms with Crippen LogP contribution in [0, 0.1) is 0 Å². The van der Waals surface area contributed by atoms with Gasteiger partial charge in [0.25, 0.3) is 0 Å². The zero-order valence-corrected chi connectivity index (χ0v) is 15.2. The molecule has 1 saturated heterocycles. The van der Waals surface area contributed by atoms with Crippen LogP contribution in [-0.4, -0.2) is 41.0 Å². The van der Waals surface area contributed by atoms with Gasteiger partial charge in [-0.3, -0.25) is 4.90 Å². The van der Waals surface area contributed by atoms with Crippen molar-refractivity contribution in [1.82, 2.24) is 15.1 Å². The maximum absolute atomic E-state index is 12.6. The largest absolute Gasteiger partial charge is 0.467 e. The maximum Gasteiger partial charge on any atom is 0.318 e. The van der Waals surface area contributed by atoms with E-state index >= 15 is 0 Å². The van der Waals surface area contributed by atoms with E-state index in [4.69, 9.17) is 4.42 Å². The average molecular weight is 341 g/mol. The normalized spacial score (nSPS) is 18.8. The number of nitrogens with one attached hydrogen (secondary N) is 1. The first-order chi connectivity index (χ1) is 12.0. The van der Waals surface area contributed by atoms with Gasteiger partial charge in [-0.1, -0.05) is 30.3 Å². The van der Waals surface area contributed by atoms with E-state index in [9.17, 15) is 4.79 Å². The monoisotopic (exact) mass is 341 g/mol. The highest BCUT2D eigenvalue weighted by Gasteiger charge is 2.35. The first-order valence-corrected chi connectivity index (χ1v) is 8.83. The van der Waals surface area contributed by atoms with Crippen LogP contribution in [0.15, 0.2) is 53.1 Å². The Bertz CT molecular complexity index is 682. The molecule has 1 N–H and O–H groups in total. The molecule has 1 fully saturated rings. The summed E-state index contributed by atoms with van der Waals surface area (Å²) < 4.78 is 5.37. The fourth-order valence-electron chi connectivity index (χ4n) is 3.35. The lowest BCUT2D eigenvalue weighted by Gasteiger charge is -2.47. The Morgan fingerprint density at radius 2 is 1.96 bits per heavy atom. The highest BCUT2D eigenvalue weighted by Crippen LogP contribution is 2.24. The summed E-state index contributed by atoms with van der Waals surface area (Å²) in [5.74, 6) is 0.773. The highest BCUT2D eigenvalue weighted by molar-refractivity contribution is 5.74. The molecule has 1 unspecified atom stereocenters. The van der Waals surface area contributed by atoms with E-state index in [1.807, 2.05) is 30.0 Å². The maximum atomic E-state index is 12.6. The molecule has 0 spiro atoms. The standard InChI is InChI=1S/C20H27N3O2/c1-16(18-10-7-13-25-18)21-19(24)22-11-12-23(20(2,3)15-22)14-17-8-5-4-6-9-17/h4-10,13,16H,11-12,14-15H2,1-3H3,(H,21,24). The summed E-state index contributed by atoms with van der Waals surface area (Å²) in [6, 6.07) is 14.0. The minimum absolute atomic E-state index is 0.0312. The number of benzene rings is 1. The van der Waals surface area contributed by atoms with E-state index in [1.165, 1.54) is 5.56 Å². The smallest absolute Gasteiger partial charge is 0.318 e. The van der Waals surface area contributed by atoms with Crippen LogP contribution in [0.2, 0.25) is 0 Å². The third-order valence-electron chi connectivity index (χ3n) is 4.89. The van der Waals surface area contributed by atoms with Crippen molar-refractivity contribution in [2.45, 2.75) is 38.9 Å². The van der Waals surface area contributed by atoms with Crippen molar-refractivity contribution in [3.8, 4) is 0 Å². The number of piperazine rings is 1. The van der Waals surface area contributed by atoms with Crippen LogP contribution < -0.4 is 5.32 Å². The molecule has 0 bridgehead atoms.